The molecule has 1 saturated heterocycles. The Morgan fingerprint density at radius 3 is 2.29 bits per heavy atom. The number of benzene rings is 1. The van der Waals surface area contributed by atoms with E-state index in [2.05, 4.69) is 20.6 Å². The van der Waals surface area contributed by atoms with Gasteiger partial charge in [0.2, 0.25) is 5.91 Å². The van der Waals surface area contributed by atoms with E-state index >= 15 is 0 Å². The zero-order valence-electron chi connectivity index (χ0n) is 22.4. The number of piperazine rings is 1. The van der Waals surface area contributed by atoms with E-state index in [4.69, 9.17) is 14.7 Å². The van der Waals surface area contributed by atoms with Gasteiger partial charge in [-0.2, -0.15) is 0 Å². The van der Waals surface area contributed by atoms with E-state index in [1.807, 2.05) is 0 Å². The number of carbonyl (C=O) groups is 5. The van der Waals surface area contributed by atoms with Gasteiger partial charge in [-0.05, 0) is 13.3 Å². The predicted octanol–water partition coefficient (Wildman–Crippen LogP) is 1.23. The number of ether oxygens (including phenoxy) is 1. The summed E-state index contributed by atoms with van der Waals surface area (Å²) in [6.45, 7) is 2.57. The number of carbonyl (C=O) groups excluding carboxylic acids is 3. The SMILES string of the molecule is CCOC(=O)ON1CCN(C(=O)[C@H](CCC(=O)O)NC(=O)c2cc(NCCC(=O)O)nc(-c3ccccc3)n2)CC1. The van der Waals surface area contributed by atoms with Gasteiger partial charge in [-0.1, -0.05) is 30.3 Å². The Hall–Kier alpha value is -4.79. The number of hydrogen-bond donors (Lipinski definition) is 4. The second kappa shape index (κ2) is 15.1. The smallest absolute Gasteiger partial charge is 0.481 e. The Kier molecular flexibility index (Phi) is 11.3. The number of hydroxylamine groups is 2. The summed E-state index contributed by atoms with van der Waals surface area (Å²) in [6.07, 6.45) is -1.57. The predicted molar refractivity (Wildman–Crippen MR) is 143 cm³/mol. The standard InChI is InChI=1S/C26H32N6O9/c1-2-40-26(39)41-32-14-12-31(13-15-32)25(38)18(8-9-21(33)34)29-24(37)19-16-20(27-11-10-22(35)36)30-23(28-19)17-6-4-3-5-7-17/h3-7,16,18H,2,8-15H2,1H3,(H,29,37)(H,33,34)(H,35,36)(H,27,28,30)/t18-/m0/s1. The third-order valence-corrected chi connectivity index (χ3v) is 5.90. The lowest BCUT2D eigenvalue weighted by molar-refractivity contribution is -0.157. The second-order valence-electron chi connectivity index (χ2n) is 8.89. The van der Waals surface area contributed by atoms with Crippen LogP contribution in [0.5, 0.6) is 0 Å². The Labute approximate surface area is 235 Å². The molecule has 15 heteroatoms. The number of rotatable bonds is 13. The molecule has 2 heterocycles. The number of carboxylic acid groups (broad SMARTS) is 2. The number of aromatic nitrogens is 2. The summed E-state index contributed by atoms with van der Waals surface area (Å²) in [6, 6.07) is 8.96. The summed E-state index contributed by atoms with van der Waals surface area (Å²) in [5.41, 5.74) is 0.502. The van der Waals surface area contributed by atoms with Gasteiger partial charge in [0.25, 0.3) is 5.91 Å². The van der Waals surface area contributed by atoms with Gasteiger partial charge < -0.3 is 35.3 Å². The molecular formula is C26H32N6O9. The zero-order chi connectivity index (χ0) is 29.8. The molecule has 0 bridgehead atoms. The van der Waals surface area contributed by atoms with Gasteiger partial charge in [0.1, 0.15) is 17.6 Å². The molecule has 1 fully saturated rings. The minimum Gasteiger partial charge on any atom is -0.481 e. The fraction of sp³-hybridized carbons (Fsp3) is 0.423. The number of nitrogens with zero attached hydrogens (tertiary/aromatic N) is 4. The molecule has 2 aromatic rings. The Bertz CT molecular complexity index is 1240. The molecule has 3 rings (SSSR count). The number of hydrogen-bond acceptors (Lipinski definition) is 11. The van der Waals surface area contributed by atoms with Crippen molar-refractivity contribution in [1.82, 2.24) is 25.2 Å². The van der Waals surface area contributed by atoms with Crippen LogP contribution in [0, 0.1) is 0 Å². The van der Waals surface area contributed by atoms with E-state index in [1.165, 1.54) is 16.0 Å². The monoisotopic (exact) mass is 572 g/mol. The molecule has 0 saturated carbocycles. The van der Waals surface area contributed by atoms with Crippen molar-refractivity contribution < 1.29 is 43.8 Å². The number of anilines is 1. The van der Waals surface area contributed by atoms with Crippen molar-refractivity contribution in [2.75, 3.05) is 44.6 Å². The van der Waals surface area contributed by atoms with E-state index in [-0.39, 0.29) is 75.9 Å². The van der Waals surface area contributed by atoms with Gasteiger partial charge in [-0.15, -0.1) is 5.06 Å². The van der Waals surface area contributed by atoms with Crippen LogP contribution < -0.4 is 10.6 Å². The summed E-state index contributed by atoms with van der Waals surface area (Å²) >= 11 is 0. The lowest BCUT2D eigenvalue weighted by atomic mass is 10.1. The third-order valence-electron chi connectivity index (χ3n) is 5.90. The van der Waals surface area contributed by atoms with E-state index < -0.39 is 36.0 Å². The van der Waals surface area contributed by atoms with Crippen molar-refractivity contribution in [3.05, 3.63) is 42.1 Å². The van der Waals surface area contributed by atoms with Crippen LogP contribution in [-0.4, -0.2) is 105 Å². The normalized spacial score (nSPS) is 14.0. The van der Waals surface area contributed by atoms with Crippen molar-refractivity contribution in [2.24, 2.45) is 0 Å². The van der Waals surface area contributed by atoms with Gasteiger partial charge in [0, 0.05) is 37.7 Å². The zero-order valence-corrected chi connectivity index (χ0v) is 22.4. The Balaban J connectivity index is 1.76. The summed E-state index contributed by atoms with van der Waals surface area (Å²) in [5, 5.41) is 25.0. The topological polar surface area (TPSA) is 201 Å². The molecule has 0 unspecified atom stereocenters. The fourth-order valence-corrected chi connectivity index (χ4v) is 3.90. The van der Waals surface area contributed by atoms with Crippen LogP contribution in [0.3, 0.4) is 0 Å². The first-order chi connectivity index (χ1) is 19.7. The van der Waals surface area contributed by atoms with Gasteiger partial charge >= 0.3 is 18.1 Å². The third kappa shape index (κ3) is 9.72. The van der Waals surface area contributed by atoms with Gasteiger partial charge in [0.05, 0.1) is 26.1 Å². The highest BCUT2D eigenvalue weighted by Crippen LogP contribution is 2.18. The minimum absolute atomic E-state index is 0.0488. The van der Waals surface area contributed by atoms with Crippen molar-refractivity contribution in [1.29, 1.82) is 0 Å². The van der Waals surface area contributed by atoms with Crippen LogP contribution in [0.25, 0.3) is 11.4 Å². The highest BCUT2D eigenvalue weighted by Gasteiger charge is 2.31. The Morgan fingerprint density at radius 1 is 0.976 bits per heavy atom. The highest BCUT2D eigenvalue weighted by atomic mass is 16.8. The van der Waals surface area contributed by atoms with E-state index in [0.29, 0.717) is 5.56 Å². The quantitative estimate of drug-likeness (QED) is 0.250. The first-order valence-corrected chi connectivity index (χ1v) is 13.0. The number of nitrogens with one attached hydrogen (secondary N) is 2. The molecule has 0 spiro atoms. The summed E-state index contributed by atoms with van der Waals surface area (Å²) in [4.78, 5) is 75.6. The molecule has 41 heavy (non-hydrogen) atoms. The molecule has 1 aromatic carbocycles. The van der Waals surface area contributed by atoms with Gasteiger partial charge in [-0.3, -0.25) is 19.2 Å². The summed E-state index contributed by atoms with van der Waals surface area (Å²) in [5.74, 6) is -2.98. The van der Waals surface area contributed by atoms with Gasteiger partial charge in [-0.25, -0.2) is 14.8 Å². The van der Waals surface area contributed by atoms with E-state index in [1.54, 1.807) is 37.3 Å². The summed E-state index contributed by atoms with van der Waals surface area (Å²) < 4.78 is 4.75. The number of amides is 2. The van der Waals surface area contributed by atoms with Crippen molar-refractivity contribution in [3.8, 4) is 11.4 Å². The van der Waals surface area contributed by atoms with E-state index in [9.17, 15) is 29.1 Å². The largest absolute Gasteiger partial charge is 0.527 e. The maximum atomic E-state index is 13.3. The van der Waals surface area contributed by atoms with Crippen molar-refractivity contribution >= 4 is 35.7 Å². The fourth-order valence-electron chi connectivity index (χ4n) is 3.90. The molecule has 4 N–H and O–H groups in total. The molecule has 0 radical (unpaired) electrons. The minimum atomic E-state index is -1.17. The molecule has 1 atom stereocenters. The van der Waals surface area contributed by atoms with Crippen LogP contribution in [0.2, 0.25) is 0 Å². The maximum absolute atomic E-state index is 13.3. The lowest BCUT2D eigenvalue weighted by Gasteiger charge is -2.35. The molecule has 1 aliphatic rings. The van der Waals surface area contributed by atoms with Crippen LogP contribution in [0.15, 0.2) is 36.4 Å². The molecule has 15 nitrogen and oxygen atoms in total. The van der Waals surface area contributed by atoms with E-state index in [0.717, 1.165) is 0 Å². The highest BCUT2D eigenvalue weighted by molar-refractivity contribution is 5.97. The maximum Gasteiger partial charge on any atom is 0.527 e. The molecule has 0 aliphatic carbocycles. The molecule has 220 valence electrons. The number of aliphatic carboxylic acids is 2. The van der Waals surface area contributed by atoms with Gasteiger partial charge in [0.15, 0.2) is 5.82 Å². The second-order valence-corrected chi connectivity index (χ2v) is 8.89. The number of carboxylic acids is 2. The summed E-state index contributed by atoms with van der Waals surface area (Å²) in [7, 11) is 0. The molecule has 1 aliphatic heterocycles. The molecule has 2 amide bonds. The Morgan fingerprint density at radius 2 is 1.66 bits per heavy atom. The molecule has 1 aromatic heterocycles. The van der Waals surface area contributed by atoms with Crippen molar-refractivity contribution in [2.45, 2.75) is 32.2 Å². The average Bonchev–Trinajstić information content (AvgIpc) is 2.95. The van der Waals surface area contributed by atoms with Crippen molar-refractivity contribution in [3.63, 3.8) is 0 Å². The van der Waals surface area contributed by atoms with Crippen LogP contribution in [0.4, 0.5) is 10.6 Å². The lowest BCUT2D eigenvalue weighted by Crippen LogP contribution is -2.55. The molecular weight excluding hydrogens is 540 g/mol. The first-order valence-electron chi connectivity index (χ1n) is 13.0. The van der Waals surface area contributed by atoms with Crippen LogP contribution in [0.1, 0.15) is 36.7 Å². The van der Waals surface area contributed by atoms with Crippen LogP contribution in [-0.2, 0) is 24.0 Å². The average molecular weight is 573 g/mol. The van der Waals surface area contributed by atoms with Crippen LogP contribution >= 0.6 is 0 Å². The first kappa shape index (κ1) is 30.7.